The number of carboxylic acids is 1. The number of rotatable bonds is 6. The van der Waals surface area contributed by atoms with Crippen LogP contribution in [0.5, 0.6) is 0 Å². The number of carbonyl (C=O) groups is 2. The van der Waals surface area contributed by atoms with E-state index in [2.05, 4.69) is 0 Å². The van der Waals surface area contributed by atoms with Crippen LogP contribution in [0.4, 0.5) is 0 Å². The van der Waals surface area contributed by atoms with Crippen LogP contribution in [0.25, 0.3) is 0 Å². The van der Waals surface area contributed by atoms with Gasteiger partial charge in [-0.1, -0.05) is 0 Å². The van der Waals surface area contributed by atoms with Crippen molar-refractivity contribution in [3.63, 3.8) is 0 Å². The average Bonchev–Trinajstić information content (AvgIpc) is 2.01. The Bertz CT molecular complexity index is 350. The van der Waals surface area contributed by atoms with Crippen LogP contribution in [0, 0.1) is 0 Å². The second-order valence-electron chi connectivity index (χ2n) is 2.97. The largest absolute Gasteiger partial charge is 0.480 e. The van der Waals surface area contributed by atoms with E-state index < -0.39 is 34.5 Å². The zero-order valence-electron chi connectivity index (χ0n) is 8.30. The lowest BCUT2D eigenvalue weighted by Gasteiger charge is -2.16. The van der Waals surface area contributed by atoms with E-state index in [9.17, 15) is 18.0 Å². The maximum absolute atomic E-state index is 11.2. The lowest BCUT2D eigenvalue weighted by molar-refractivity contribution is -0.140. The molecule has 88 valence electrons. The van der Waals surface area contributed by atoms with E-state index in [1.54, 1.807) is 0 Å². The Morgan fingerprint density at radius 2 is 1.93 bits per heavy atom. The number of carbonyl (C=O) groups excluding carboxylic acids is 1. The first-order valence-corrected chi connectivity index (χ1v) is 5.31. The number of nitrogens with one attached hydrogen (secondary N) is 1. The number of nitrogens with two attached hydrogens (primary N) is 1. The summed E-state index contributed by atoms with van der Waals surface area (Å²) < 4.78 is 25.1. The molecule has 0 spiro atoms. The maximum atomic E-state index is 11.2. The van der Waals surface area contributed by atoms with Gasteiger partial charge < -0.3 is 10.8 Å². The van der Waals surface area contributed by atoms with Crippen molar-refractivity contribution in [2.24, 2.45) is 5.73 Å². The molecule has 0 fully saturated rings. The third kappa shape index (κ3) is 4.72. The molecule has 0 rings (SSSR count). The highest BCUT2D eigenvalue weighted by atomic mass is 32.2. The number of primary amides is 1. The van der Waals surface area contributed by atoms with E-state index in [-0.39, 0.29) is 0 Å². The van der Waals surface area contributed by atoms with Crippen molar-refractivity contribution in [3.8, 4) is 0 Å². The van der Waals surface area contributed by atoms with Gasteiger partial charge in [-0.15, -0.1) is 0 Å². The molecule has 15 heavy (non-hydrogen) atoms. The van der Waals surface area contributed by atoms with Gasteiger partial charge in [0.05, 0.1) is 6.42 Å². The van der Waals surface area contributed by atoms with Gasteiger partial charge in [-0.25, -0.2) is 0 Å². The van der Waals surface area contributed by atoms with Gasteiger partial charge in [0.25, 0.3) is 10.2 Å². The highest BCUT2D eigenvalue weighted by molar-refractivity contribution is 7.87. The predicted octanol–water partition coefficient (Wildman–Crippen LogP) is -2.29. The molecule has 0 aliphatic heterocycles. The number of carboxylic acid groups (broad SMARTS) is 1. The van der Waals surface area contributed by atoms with Crippen LogP contribution < -0.4 is 10.5 Å². The number of hydrogen-bond donors (Lipinski definition) is 3. The Morgan fingerprint density at radius 1 is 1.47 bits per heavy atom. The first kappa shape index (κ1) is 13.8. The zero-order chi connectivity index (χ0) is 12.2. The van der Waals surface area contributed by atoms with Gasteiger partial charge in [0.2, 0.25) is 5.91 Å². The molecule has 0 bridgehead atoms. The molecule has 4 N–H and O–H groups in total. The molecular formula is C6H13N3O5S. The number of nitrogens with zero attached hydrogens (tertiary/aromatic N) is 1. The number of amides is 1. The van der Waals surface area contributed by atoms with Crippen LogP contribution in [-0.2, 0) is 19.8 Å². The van der Waals surface area contributed by atoms with Crippen molar-refractivity contribution in [2.75, 3.05) is 14.1 Å². The molecular weight excluding hydrogens is 226 g/mol. The maximum Gasteiger partial charge on any atom is 0.322 e. The quantitative estimate of drug-likeness (QED) is 0.480. The fraction of sp³-hybridized carbons (Fsp3) is 0.667. The Hall–Kier alpha value is -1.19. The molecule has 9 heteroatoms. The summed E-state index contributed by atoms with van der Waals surface area (Å²) in [6.45, 7) is 0. The minimum Gasteiger partial charge on any atom is -0.480 e. The van der Waals surface area contributed by atoms with Gasteiger partial charge >= 0.3 is 5.97 Å². The molecule has 0 aliphatic carbocycles. The molecule has 8 nitrogen and oxygen atoms in total. The molecule has 0 saturated carbocycles. The number of aliphatic carboxylic acids is 1. The van der Waals surface area contributed by atoms with Gasteiger partial charge in [-0.2, -0.15) is 17.4 Å². The van der Waals surface area contributed by atoms with Gasteiger partial charge in [0.15, 0.2) is 0 Å². The van der Waals surface area contributed by atoms with E-state index in [4.69, 9.17) is 10.8 Å². The van der Waals surface area contributed by atoms with Crippen molar-refractivity contribution in [2.45, 2.75) is 12.5 Å². The van der Waals surface area contributed by atoms with Crippen molar-refractivity contribution < 1.29 is 23.1 Å². The fourth-order valence-electron chi connectivity index (χ4n) is 0.666. The molecule has 0 heterocycles. The smallest absolute Gasteiger partial charge is 0.322 e. The van der Waals surface area contributed by atoms with Crippen molar-refractivity contribution in [1.29, 1.82) is 0 Å². The second kappa shape index (κ2) is 5.05. The summed E-state index contributed by atoms with van der Waals surface area (Å²) in [5.41, 5.74) is 4.78. The molecule has 1 amide bonds. The van der Waals surface area contributed by atoms with Crippen molar-refractivity contribution in [1.82, 2.24) is 9.03 Å². The average molecular weight is 239 g/mol. The lowest BCUT2D eigenvalue weighted by Crippen LogP contribution is -2.47. The summed E-state index contributed by atoms with van der Waals surface area (Å²) in [6.07, 6.45) is -0.595. The van der Waals surface area contributed by atoms with Crippen molar-refractivity contribution in [3.05, 3.63) is 0 Å². The van der Waals surface area contributed by atoms with E-state index in [0.29, 0.717) is 0 Å². The molecule has 1 atom stereocenters. The van der Waals surface area contributed by atoms with Crippen LogP contribution in [0.1, 0.15) is 6.42 Å². The summed E-state index contributed by atoms with van der Waals surface area (Å²) in [6, 6.07) is -1.55. The molecule has 0 radical (unpaired) electrons. The van der Waals surface area contributed by atoms with E-state index >= 15 is 0 Å². The van der Waals surface area contributed by atoms with Gasteiger partial charge in [-0.3, -0.25) is 9.59 Å². The molecule has 0 aromatic rings. The number of hydrogen-bond acceptors (Lipinski definition) is 4. The molecule has 0 aromatic heterocycles. The minimum absolute atomic E-state index is 0.595. The van der Waals surface area contributed by atoms with E-state index in [1.807, 2.05) is 4.72 Å². The summed E-state index contributed by atoms with van der Waals surface area (Å²) in [5.74, 6) is -2.36. The summed E-state index contributed by atoms with van der Waals surface area (Å²) >= 11 is 0. The van der Waals surface area contributed by atoms with Crippen LogP contribution in [-0.4, -0.2) is 49.8 Å². The Labute approximate surface area is 87.2 Å². The van der Waals surface area contributed by atoms with Crippen molar-refractivity contribution >= 4 is 22.1 Å². The standard InChI is InChI=1S/C6H13N3O5S/c1-9(2)15(13,14)8-4(6(11)12)3-5(7)10/h4,8H,3H2,1-2H3,(H2,7,10)(H,11,12)/t4-/m0/s1. The van der Waals surface area contributed by atoms with Gasteiger partial charge in [0, 0.05) is 14.1 Å². The first-order valence-electron chi connectivity index (χ1n) is 3.87. The van der Waals surface area contributed by atoms with Gasteiger partial charge in [0.1, 0.15) is 6.04 Å². The fourth-order valence-corrected chi connectivity index (χ4v) is 1.42. The molecule has 0 saturated heterocycles. The Kier molecular flexibility index (Phi) is 4.65. The summed E-state index contributed by atoms with van der Waals surface area (Å²) in [5, 5.41) is 8.61. The second-order valence-corrected chi connectivity index (χ2v) is 4.88. The van der Waals surface area contributed by atoms with Gasteiger partial charge in [-0.05, 0) is 0 Å². The zero-order valence-corrected chi connectivity index (χ0v) is 9.11. The van der Waals surface area contributed by atoms with E-state index in [0.717, 1.165) is 4.31 Å². The third-order valence-electron chi connectivity index (χ3n) is 1.48. The topological polar surface area (TPSA) is 130 Å². The lowest BCUT2D eigenvalue weighted by atomic mass is 10.2. The van der Waals surface area contributed by atoms with Crippen LogP contribution in [0.15, 0.2) is 0 Å². The molecule has 0 aliphatic rings. The minimum atomic E-state index is -3.89. The highest BCUT2D eigenvalue weighted by Gasteiger charge is 2.26. The van der Waals surface area contributed by atoms with Crippen LogP contribution in [0.3, 0.4) is 0 Å². The monoisotopic (exact) mass is 239 g/mol. The summed E-state index contributed by atoms with van der Waals surface area (Å²) in [7, 11) is -1.44. The van der Waals surface area contributed by atoms with Crippen LogP contribution in [0.2, 0.25) is 0 Å². The van der Waals surface area contributed by atoms with E-state index in [1.165, 1.54) is 14.1 Å². The molecule has 0 aromatic carbocycles. The normalized spacial score (nSPS) is 13.8. The molecule has 0 unspecified atom stereocenters. The predicted molar refractivity (Wildman–Crippen MR) is 51.0 cm³/mol. The summed E-state index contributed by atoms with van der Waals surface area (Å²) in [4.78, 5) is 21.1. The highest BCUT2D eigenvalue weighted by Crippen LogP contribution is 1.97. The Balaban J connectivity index is 4.70. The van der Waals surface area contributed by atoms with Crippen LogP contribution >= 0.6 is 0 Å². The Morgan fingerprint density at radius 3 is 2.20 bits per heavy atom. The SMILES string of the molecule is CN(C)S(=O)(=O)N[C@@H](CC(N)=O)C(=O)O. The first-order chi connectivity index (χ1) is 6.66. The third-order valence-corrected chi connectivity index (χ3v) is 3.02.